The van der Waals surface area contributed by atoms with Crippen LogP contribution >= 0.6 is 0 Å². The molecule has 70 valence electrons. The maximum absolute atomic E-state index is 10.1. The molecule has 0 radical (unpaired) electrons. The topological polar surface area (TPSA) is 87.0 Å². The minimum atomic E-state index is -0.940. The van der Waals surface area contributed by atoms with E-state index in [2.05, 4.69) is 0 Å². The maximum Gasteiger partial charge on any atom is 0.303 e. The number of aliphatic carboxylic acids is 1. The summed E-state index contributed by atoms with van der Waals surface area (Å²) in [4.78, 5) is 10.1. The van der Waals surface area contributed by atoms with Gasteiger partial charge in [0.15, 0.2) is 0 Å². The van der Waals surface area contributed by atoms with Gasteiger partial charge in [0.25, 0.3) is 0 Å². The molecule has 0 aromatic rings. The molecule has 0 saturated carbocycles. The Balaban J connectivity index is 2.29. The number of carboxylic acids is 1. The molecule has 0 amide bonds. The van der Waals surface area contributed by atoms with Crippen LogP contribution in [0.1, 0.15) is 12.8 Å². The zero-order valence-electron chi connectivity index (χ0n) is 6.51. The van der Waals surface area contributed by atoms with E-state index >= 15 is 0 Å². The summed E-state index contributed by atoms with van der Waals surface area (Å²) >= 11 is 0. The van der Waals surface area contributed by atoms with Gasteiger partial charge >= 0.3 is 5.97 Å². The highest BCUT2D eigenvalue weighted by Crippen LogP contribution is 2.18. The van der Waals surface area contributed by atoms with Crippen LogP contribution in [0, 0.1) is 0 Å². The zero-order valence-corrected chi connectivity index (χ0v) is 6.51. The number of hydrogen-bond acceptors (Lipinski definition) is 4. The van der Waals surface area contributed by atoms with Gasteiger partial charge in [-0.25, -0.2) is 0 Å². The van der Waals surface area contributed by atoms with E-state index in [-0.39, 0.29) is 19.4 Å². The normalized spacial score (nSPS) is 35.3. The van der Waals surface area contributed by atoms with Crippen molar-refractivity contribution in [3.05, 3.63) is 0 Å². The second-order valence-electron chi connectivity index (χ2n) is 2.86. The third-order valence-corrected chi connectivity index (χ3v) is 1.90. The first-order valence-corrected chi connectivity index (χ1v) is 3.81. The van der Waals surface area contributed by atoms with Crippen LogP contribution in [-0.4, -0.2) is 46.2 Å². The smallest absolute Gasteiger partial charge is 0.303 e. The highest BCUT2D eigenvalue weighted by molar-refractivity contribution is 5.66. The van der Waals surface area contributed by atoms with E-state index in [0.29, 0.717) is 0 Å². The molecule has 0 aliphatic carbocycles. The minimum Gasteiger partial charge on any atom is -0.481 e. The van der Waals surface area contributed by atoms with E-state index in [1.54, 1.807) is 0 Å². The monoisotopic (exact) mass is 176 g/mol. The molecule has 3 atom stereocenters. The molecule has 12 heavy (non-hydrogen) atoms. The van der Waals surface area contributed by atoms with Crippen molar-refractivity contribution < 1.29 is 24.9 Å². The number of hydrogen-bond donors (Lipinski definition) is 3. The van der Waals surface area contributed by atoms with Gasteiger partial charge in [-0.1, -0.05) is 0 Å². The molecule has 3 N–H and O–H groups in total. The summed E-state index contributed by atoms with van der Waals surface area (Å²) in [7, 11) is 0. The molecule has 5 nitrogen and oxygen atoms in total. The molecule has 0 aromatic heterocycles. The molecule has 0 bridgehead atoms. The maximum atomic E-state index is 10.1. The first kappa shape index (κ1) is 9.44. The van der Waals surface area contributed by atoms with Gasteiger partial charge in [-0.3, -0.25) is 4.79 Å². The highest BCUT2D eigenvalue weighted by atomic mass is 16.5. The zero-order chi connectivity index (χ0) is 9.14. The number of aliphatic hydroxyl groups is 2. The van der Waals surface area contributed by atoms with Crippen LogP contribution in [0.25, 0.3) is 0 Å². The van der Waals surface area contributed by atoms with Gasteiger partial charge in [-0.05, 0) is 6.42 Å². The summed E-state index contributed by atoms with van der Waals surface area (Å²) in [6, 6.07) is 0. The van der Waals surface area contributed by atoms with Crippen molar-refractivity contribution in [2.24, 2.45) is 0 Å². The molecule has 1 aliphatic rings. The Bertz CT molecular complexity index is 169. The van der Waals surface area contributed by atoms with Gasteiger partial charge in [-0.2, -0.15) is 0 Å². The predicted molar refractivity (Wildman–Crippen MR) is 38.6 cm³/mol. The summed E-state index contributed by atoms with van der Waals surface area (Å²) in [5.74, 6) is -0.924. The lowest BCUT2D eigenvalue weighted by Crippen LogP contribution is -2.30. The second kappa shape index (κ2) is 3.84. The van der Waals surface area contributed by atoms with Crippen molar-refractivity contribution in [2.45, 2.75) is 31.2 Å². The number of carbonyl (C=O) groups is 1. The molecule has 1 aliphatic heterocycles. The van der Waals surface area contributed by atoms with E-state index in [9.17, 15) is 9.90 Å². The molecule has 0 aromatic carbocycles. The molecule has 0 unspecified atom stereocenters. The Morgan fingerprint density at radius 1 is 1.50 bits per heavy atom. The van der Waals surface area contributed by atoms with Crippen LogP contribution in [0.3, 0.4) is 0 Å². The van der Waals surface area contributed by atoms with Crippen molar-refractivity contribution in [2.75, 3.05) is 6.61 Å². The molecule has 0 spiro atoms. The quantitative estimate of drug-likeness (QED) is 0.512. The SMILES string of the molecule is O=C(O)CC[C@H]1OC[C@H](O)[C@@H]1O. The highest BCUT2D eigenvalue weighted by Gasteiger charge is 2.34. The Morgan fingerprint density at radius 3 is 2.58 bits per heavy atom. The summed E-state index contributed by atoms with van der Waals surface area (Å²) < 4.78 is 4.96. The standard InChI is InChI=1S/C7H12O5/c8-4-3-12-5(7(4)11)1-2-6(9)10/h4-5,7-8,11H,1-3H2,(H,9,10)/t4-,5+,7-/m0/s1. The fourth-order valence-corrected chi connectivity index (χ4v) is 1.19. The molecule has 1 saturated heterocycles. The minimum absolute atomic E-state index is 0.0472. The largest absolute Gasteiger partial charge is 0.481 e. The first-order valence-electron chi connectivity index (χ1n) is 3.81. The average Bonchev–Trinajstić information content (AvgIpc) is 2.30. The summed E-state index contributed by atoms with van der Waals surface area (Å²) in [5.41, 5.74) is 0. The lowest BCUT2D eigenvalue weighted by molar-refractivity contribution is -0.137. The second-order valence-corrected chi connectivity index (χ2v) is 2.86. The Morgan fingerprint density at radius 2 is 2.17 bits per heavy atom. The number of aliphatic hydroxyl groups excluding tert-OH is 2. The molecule has 5 heteroatoms. The molecule has 1 heterocycles. The molecular formula is C7H12O5. The number of carboxylic acid groups (broad SMARTS) is 1. The molecule has 1 rings (SSSR count). The summed E-state index contributed by atoms with van der Waals surface area (Å²) in [5, 5.41) is 26.5. The Hall–Kier alpha value is -0.650. The van der Waals surface area contributed by atoms with Gasteiger partial charge in [0.1, 0.15) is 12.2 Å². The Kier molecular flexibility index (Phi) is 3.02. The first-order chi connectivity index (χ1) is 5.61. The van der Waals surface area contributed by atoms with E-state index in [4.69, 9.17) is 14.9 Å². The fourth-order valence-electron chi connectivity index (χ4n) is 1.19. The Labute approximate surface area is 69.6 Å². The number of rotatable bonds is 3. The third kappa shape index (κ3) is 2.17. The lowest BCUT2D eigenvalue weighted by atomic mass is 10.1. The van der Waals surface area contributed by atoms with Crippen LogP contribution in [0.2, 0.25) is 0 Å². The number of ether oxygens (including phenoxy) is 1. The predicted octanol–water partition coefficient (Wildman–Crippen LogP) is -1.03. The van der Waals surface area contributed by atoms with Crippen molar-refractivity contribution in [1.82, 2.24) is 0 Å². The van der Waals surface area contributed by atoms with Crippen LogP contribution in [0.5, 0.6) is 0 Å². The van der Waals surface area contributed by atoms with Crippen LogP contribution in [-0.2, 0) is 9.53 Å². The van der Waals surface area contributed by atoms with Crippen molar-refractivity contribution >= 4 is 5.97 Å². The van der Waals surface area contributed by atoms with Crippen LogP contribution in [0.4, 0.5) is 0 Å². The van der Waals surface area contributed by atoms with E-state index in [1.165, 1.54) is 0 Å². The average molecular weight is 176 g/mol. The lowest BCUT2D eigenvalue weighted by Gasteiger charge is -2.12. The third-order valence-electron chi connectivity index (χ3n) is 1.90. The van der Waals surface area contributed by atoms with Gasteiger partial charge in [0, 0.05) is 6.42 Å². The van der Waals surface area contributed by atoms with Gasteiger partial charge in [-0.15, -0.1) is 0 Å². The van der Waals surface area contributed by atoms with E-state index < -0.39 is 24.3 Å². The fraction of sp³-hybridized carbons (Fsp3) is 0.857. The van der Waals surface area contributed by atoms with Crippen LogP contribution in [0.15, 0.2) is 0 Å². The van der Waals surface area contributed by atoms with E-state index in [0.717, 1.165) is 0 Å². The summed E-state index contributed by atoms with van der Waals surface area (Å²) in [6.07, 6.45) is -2.15. The molecule has 1 fully saturated rings. The van der Waals surface area contributed by atoms with Crippen molar-refractivity contribution in [3.63, 3.8) is 0 Å². The van der Waals surface area contributed by atoms with Gasteiger partial charge in [0.2, 0.25) is 0 Å². The summed E-state index contributed by atoms with van der Waals surface area (Å²) in [6.45, 7) is 0.0887. The van der Waals surface area contributed by atoms with Crippen LogP contribution < -0.4 is 0 Å². The van der Waals surface area contributed by atoms with Crippen molar-refractivity contribution in [3.8, 4) is 0 Å². The molecular weight excluding hydrogens is 164 g/mol. The van der Waals surface area contributed by atoms with Gasteiger partial charge in [0.05, 0.1) is 12.7 Å². The van der Waals surface area contributed by atoms with Crippen molar-refractivity contribution in [1.29, 1.82) is 0 Å². The van der Waals surface area contributed by atoms with E-state index in [1.807, 2.05) is 0 Å². The van der Waals surface area contributed by atoms with Gasteiger partial charge < -0.3 is 20.1 Å².